The first kappa shape index (κ1) is 7.98. The first-order valence-corrected chi connectivity index (χ1v) is 3.94. The number of benzene rings is 1. The number of aromatic nitrogens is 1. The van der Waals surface area contributed by atoms with Crippen molar-refractivity contribution in [1.29, 1.82) is 0 Å². The van der Waals surface area contributed by atoms with E-state index in [4.69, 9.17) is 0 Å². The maximum atomic E-state index is 13.2. The van der Waals surface area contributed by atoms with Gasteiger partial charge in [-0.15, -0.1) is 0 Å². The first-order chi connectivity index (χ1) is 6.20. The van der Waals surface area contributed by atoms with Gasteiger partial charge in [0.1, 0.15) is 12.9 Å². The molecule has 1 aromatic carbocycles. The lowest BCUT2D eigenvalue weighted by Crippen LogP contribution is -2.29. The van der Waals surface area contributed by atoms with Gasteiger partial charge >= 0.3 is 0 Å². The lowest BCUT2D eigenvalue weighted by Gasteiger charge is -2.07. The molecule has 0 aliphatic carbocycles. The van der Waals surface area contributed by atoms with Gasteiger partial charge in [-0.3, -0.25) is 0 Å². The van der Waals surface area contributed by atoms with Gasteiger partial charge in [0.2, 0.25) is 5.52 Å². The molecule has 0 spiro atoms. The van der Waals surface area contributed by atoms with Crippen LogP contribution in [0.2, 0.25) is 0 Å². The van der Waals surface area contributed by atoms with Crippen LogP contribution < -0.4 is 9.67 Å². The number of hydrogen-bond acceptors (Lipinski definition) is 1. The lowest BCUT2D eigenvalue weighted by atomic mass is 10.2. The molecule has 0 bridgehead atoms. The monoisotopic (exact) mass is 177 g/mol. The summed E-state index contributed by atoms with van der Waals surface area (Å²) in [4.78, 5) is 0. The number of pyridine rings is 1. The molecule has 13 heavy (non-hydrogen) atoms. The zero-order valence-corrected chi connectivity index (χ0v) is 7.12. The Kier molecular flexibility index (Phi) is 1.65. The van der Waals surface area contributed by atoms with Gasteiger partial charge in [-0.25, -0.2) is 8.96 Å². The number of aryl methyl sites for hydroxylation is 1. The zero-order chi connectivity index (χ0) is 9.42. The topological polar surface area (TPSA) is 26.9 Å². The van der Waals surface area contributed by atoms with Crippen LogP contribution >= 0.6 is 0 Å². The summed E-state index contributed by atoms with van der Waals surface area (Å²) in [7, 11) is 1.73. The second kappa shape index (κ2) is 2.69. The average Bonchev–Trinajstić information content (AvgIpc) is 2.12. The van der Waals surface area contributed by atoms with Crippen LogP contribution in [0.1, 0.15) is 0 Å². The predicted octanol–water partition coefficient (Wildman–Crippen LogP) is 0.877. The highest BCUT2D eigenvalue weighted by Gasteiger charge is 2.08. The maximum absolute atomic E-state index is 13.2. The third-order valence-electron chi connectivity index (χ3n) is 2.05. The van der Waals surface area contributed by atoms with Crippen molar-refractivity contribution in [2.24, 2.45) is 7.05 Å². The summed E-state index contributed by atoms with van der Waals surface area (Å²) in [5.41, 5.74) is 0.405. The fourth-order valence-corrected chi connectivity index (χ4v) is 1.43. The lowest BCUT2D eigenvalue weighted by molar-refractivity contribution is -0.646. The van der Waals surface area contributed by atoms with Crippen molar-refractivity contribution >= 4 is 10.9 Å². The van der Waals surface area contributed by atoms with Crippen molar-refractivity contribution in [1.82, 2.24) is 0 Å². The zero-order valence-electron chi connectivity index (χ0n) is 7.12. The van der Waals surface area contributed by atoms with Gasteiger partial charge in [0, 0.05) is 6.07 Å². The summed E-state index contributed by atoms with van der Waals surface area (Å²) in [5, 5.41) is 11.7. The molecule has 2 aromatic rings. The quantitative estimate of drug-likeness (QED) is 0.549. The van der Waals surface area contributed by atoms with E-state index in [1.807, 2.05) is 0 Å². The molecule has 1 aromatic heterocycles. The van der Waals surface area contributed by atoms with Crippen molar-refractivity contribution < 1.29 is 14.1 Å². The van der Waals surface area contributed by atoms with Crippen molar-refractivity contribution in [2.45, 2.75) is 0 Å². The minimum absolute atomic E-state index is 0.153. The van der Waals surface area contributed by atoms with Gasteiger partial charge in [0.15, 0.2) is 6.20 Å². The van der Waals surface area contributed by atoms with E-state index >= 15 is 0 Å². The molecule has 1 heterocycles. The van der Waals surface area contributed by atoms with E-state index in [-0.39, 0.29) is 11.6 Å². The highest BCUT2D eigenvalue weighted by molar-refractivity contribution is 5.81. The predicted molar refractivity (Wildman–Crippen MR) is 44.5 cm³/mol. The minimum atomic E-state index is -0.356. The molecule has 0 unspecified atom stereocenters. The number of nitrogens with zero attached hydrogens (tertiary/aromatic N) is 1. The van der Waals surface area contributed by atoms with Gasteiger partial charge in [0.05, 0.1) is 5.39 Å². The van der Waals surface area contributed by atoms with E-state index in [9.17, 15) is 9.50 Å². The van der Waals surface area contributed by atoms with Crippen molar-refractivity contribution in [3.63, 3.8) is 0 Å². The summed E-state index contributed by atoms with van der Waals surface area (Å²) in [6.07, 6.45) is 1.73. The summed E-state index contributed by atoms with van der Waals surface area (Å²) >= 11 is 0. The van der Waals surface area contributed by atoms with E-state index in [0.29, 0.717) is 10.9 Å². The highest BCUT2D eigenvalue weighted by Crippen LogP contribution is 2.20. The maximum Gasteiger partial charge on any atom is 0.207 e. The molecule has 0 fully saturated rings. The molecular formula is C10H8FNO. The van der Waals surface area contributed by atoms with E-state index in [1.165, 1.54) is 12.1 Å². The Hall–Kier alpha value is -1.64. The summed E-state index contributed by atoms with van der Waals surface area (Å²) in [5.74, 6) is -0.509. The van der Waals surface area contributed by atoms with E-state index in [2.05, 4.69) is 0 Å². The molecule has 0 radical (unpaired) electrons. The molecule has 0 aliphatic heterocycles. The number of rotatable bonds is 0. The minimum Gasteiger partial charge on any atom is -0.868 e. The molecule has 0 saturated carbocycles. The smallest absolute Gasteiger partial charge is 0.207 e. The van der Waals surface area contributed by atoms with Crippen LogP contribution in [0.5, 0.6) is 5.75 Å². The SMILES string of the molecule is C[n+]1cccc2c(F)ccc([O-])c21. The average molecular weight is 177 g/mol. The van der Waals surface area contributed by atoms with E-state index in [0.717, 1.165) is 0 Å². The van der Waals surface area contributed by atoms with Crippen LogP contribution in [0.15, 0.2) is 30.5 Å². The Morgan fingerprint density at radius 1 is 1.31 bits per heavy atom. The van der Waals surface area contributed by atoms with Gasteiger partial charge in [0.25, 0.3) is 0 Å². The Morgan fingerprint density at radius 2 is 2.08 bits per heavy atom. The molecule has 3 heteroatoms. The van der Waals surface area contributed by atoms with Crippen LogP contribution in [0.4, 0.5) is 4.39 Å². The molecule has 0 amide bonds. The molecule has 0 aliphatic rings. The summed E-state index contributed by atoms with van der Waals surface area (Å²) < 4.78 is 14.8. The molecule has 2 rings (SSSR count). The van der Waals surface area contributed by atoms with Gasteiger partial charge in [-0.2, -0.15) is 0 Å². The standard InChI is InChI=1S/C10H8FNO/c1-12-6-2-3-7-8(11)4-5-9(13)10(7)12/h2-6H,1H3. The molecule has 0 atom stereocenters. The molecule has 2 nitrogen and oxygen atoms in total. The fourth-order valence-electron chi connectivity index (χ4n) is 1.43. The van der Waals surface area contributed by atoms with Gasteiger partial charge in [-0.05, 0) is 17.9 Å². The van der Waals surface area contributed by atoms with Gasteiger partial charge in [-0.1, -0.05) is 6.07 Å². The highest BCUT2D eigenvalue weighted by atomic mass is 19.1. The van der Waals surface area contributed by atoms with Crippen molar-refractivity contribution in [3.05, 3.63) is 36.3 Å². The van der Waals surface area contributed by atoms with Crippen LogP contribution in [-0.2, 0) is 7.05 Å². The number of halogens is 1. The van der Waals surface area contributed by atoms with E-state index in [1.54, 1.807) is 29.9 Å². The molecule has 66 valence electrons. The van der Waals surface area contributed by atoms with E-state index < -0.39 is 0 Å². The second-order valence-electron chi connectivity index (χ2n) is 2.93. The summed E-state index contributed by atoms with van der Waals surface area (Å²) in [6.45, 7) is 0. The van der Waals surface area contributed by atoms with Crippen LogP contribution in [0.25, 0.3) is 10.9 Å². The van der Waals surface area contributed by atoms with Gasteiger partial charge < -0.3 is 5.11 Å². The van der Waals surface area contributed by atoms with Crippen molar-refractivity contribution in [2.75, 3.05) is 0 Å². The number of hydrogen-bond donors (Lipinski definition) is 0. The molecule has 0 saturated heterocycles. The Labute approximate surface area is 74.9 Å². The third kappa shape index (κ3) is 1.13. The Bertz CT molecular complexity index is 459. The van der Waals surface area contributed by atoms with Crippen LogP contribution in [0, 0.1) is 5.82 Å². The van der Waals surface area contributed by atoms with Crippen LogP contribution in [0.3, 0.4) is 0 Å². The largest absolute Gasteiger partial charge is 0.868 e. The Morgan fingerprint density at radius 3 is 2.77 bits per heavy atom. The first-order valence-electron chi connectivity index (χ1n) is 3.94. The van der Waals surface area contributed by atoms with Crippen molar-refractivity contribution in [3.8, 4) is 5.75 Å². The third-order valence-corrected chi connectivity index (χ3v) is 2.05. The Balaban J connectivity index is 3.00. The normalized spacial score (nSPS) is 10.6. The molecule has 0 N–H and O–H groups in total. The second-order valence-corrected chi connectivity index (χ2v) is 2.93. The molecular weight excluding hydrogens is 169 g/mol. The number of fused-ring (bicyclic) bond motifs is 1. The summed E-state index contributed by atoms with van der Waals surface area (Å²) in [6, 6.07) is 5.76. The fraction of sp³-hybridized carbons (Fsp3) is 0.100. The van der Waals surface area contributed by atoms with Crippen LogP contribution in [-0.4, -0.2) is 0 Å².